The smallest absolute Gasteiger partial charge is 0.331 e. The van der Waals surface area contributed by atoms with Gasteiger partial charge in [0.1, 0.15) is 11.3 Å². The summed E-state index contributed by atoms with van der Waals surface area (Å²) >= 11 is 0. The highest BCUT2D eigenvalue weighted by Crippen LogP contribution is 2.30. The van der Waals surface area contributed by atoms with Crippen molar-refractivity contribution in [1.82, 2.24) is 14.1 Å². The van der Waals surface area contributed by atoms with Gasteiger partial charge >= 0.3 is 5.69 Å². The molecule has 0 aliphatic carbocycles. The minimum atomic E-state index is -0.319. The van der Waals surface area contributed by atoms with E-state index in [1.165, 1.54) is 7.05 Å². The van der Waals surface area contributed by atoms with Gasteiger partial charge in [-0.15, -0.1) is 0 Å². The zero-order valence-corrected chi connectivity index (χ0v) is 15.0. The molecule has 6 nitrogen and oxygen atoms in total. The van der Waals surface area contributed by atoms with E-state index >= 15 is 0 Å². The van der Waals surface area contributed by atoms with E-state index in [0.717, 1.165) is 21.6 Å². The van der Waals surface area contributed by atoms with Gasteiger partial charge in [-0.05, 0) is 31.0 Å². The van der Waals surface area contributed by atoms with Crippen LogP contribution in [-0.4, -0.2) is 20.7 Å². The van der Waals surface area contributed by atoms with Crippen LogP contribution in [0.4, 0.5) is 0 Å². The SMILES string of the molecule is CCOc1ccccc1-c1cc2c([nH]1)c(=O)n(C)c(=O)n2CC(C)C. The number of nitrogens with zero attached hydrogens (tertiary/aromatic N) is 2. The molecule has 1 aromatic carbocycles. The van der Waals surface area contributed by atoms with Gasteiger partial charge in [0, 0.05) is 19.2 Å². The van der Waals surface area contributed by atoms with Crippen molar-refractivity contribution in [1.29, 1.82) is 0 Å². The Morgan fingerprint density at radius 3 is 2.60 bits per heavy atom. The van der Waals surface area contributed by atoms with Gasteiger partial charge < -0.3 is 9.72 Å². The highest BCUT2D eigenvalue weighted by Gasteiger charge is 2.17. The van der Waals surface area contributed by atoms with Crippen molar-refractivity contribution in [2.75, 3.05) is 6.61 Å². The molecule has 1 N–H and O–H groups in total. The first-order valence-electron chi connectivity index (χ1n) is 8.48. The van der Waals surface area contributed by atoms with Crippen LogP contribution in [0.3, 0.4) is 0 Å². The summed E-state index contributed by atoms with van der Waals surface area (Å²) in [5, 5.41) is 0. The lowest BCUT2D eigenvalue weighted by Gasteiger charge is -2.11. The van der Waals surface area contributed by atoms with Crippen LogP contribution in [0.25, 0.3) is 22.3 Å². The van der Waals surface area contributed by atoms with Crippen molar-refractivity contribution in [3.63, 3.8) is 0 Å². The number of hydrogen-bond acceptors (Lipinski definition) is 3. The van der Waals surface area contributed by atoms with E-state index in [0.29, 0.717) is 24.2 Å². The van der Waals surface area contributed by atoms with Crippen molar-refractivity contribution in [2.24, 2.45) is 13.0 Å². The van der Waals surface area contributed by atoms with Crippen LogP contribution in [0.5, 0.6) is 5.75 Å². The molecule has 0 radical (unpaired) electrons. The van der Waals surface area contributed by atoms with Crippen LogP contribution < -0.4 is 16.0 Å². The van der Waals surface area contributed by atoms with E-state index in [1.54, 1.807) is 4.57 Å². The number of ether oxygens (including phenoxy) is 1. The van der Waals surface area contributed by atoms with E-state index in [1.807, 2.05) is 51.1 Å². The molecular weight excluding hydrogens is 318 g/mol. The first kappa shape index (κ1) is 17.1. The Morgan fingerprint density at radius 2 is 1.92 bits per heavy atom. The molecule has 0 spiro atoms. The second-order valence-electron chi connectivity index (χ2n) is 6.52. The topological polar surface area (TPSA) is 69.0 Å². The highest BCUT2D eigenvalue weighted by atomic mass is 16.5. The first-order chi connectivity index (χ1) is 11.9. The summed E-state index contributed by atoms with van der Waals surface area (Å²) in [5.74, 6) is 1.03. The molecule has 3 aromatic rings. The monoisotopic (exact) mass is 341 g/mol. The van der Waals surface area contributed by atoms with Gasteiger partial charge in [-0.3, -0.25) is 13.9 Å². The Morgan fingerprint density at radius 1 is 1.20 bits per heavy atom. The lowest BCUT2D eigenvalue weighted by molar-refractivity contribution is 0.341. The molecule has 0 amide bonds. The van der Waals surface area contributed by atoms with Gasteiger partial charge in [0.15, 0.2) is 0 Å². The first-order valence-corrected chi connectivity index (χ1v) is 8.48. The van der Waals surface area contributed by atoms with Gasteiger partial charge in [-0.2, -0.15) is 0 Å². The Kier molecular flexibility index (Phi) is 4.53. The fourth-order valence-electron chi connectivity index (χ4n) is 3.02. The molecular formula is C19H23N3O3. The molecule has 6 heteroatoms. The summed E-state index contributed by atoms with van der Waals surface area (Å²) in [6.45, 7) is 7.12. The van der Waals surface area contributed by atoms with Crippen LogP contribution in [0, 0.1) is 5.92 Å². The van der Waals surface area contributed by atoms with Crippen molar-refractivity contribution >= 4 is 11.0 Å². The summed E-state index contributed by atoms with van der Waals surface area (Å²) in [7, 11) is 1.51. The number of para-hydroxylation sites is 1. The predicted octanol–water partition coefficient (Wildman–Crippen LogP) is 2.75. The molecule has 0 unspecified atom stereocenters. The molecule has 3 rings (SSSR count). The summed E-state index contributed by atoms with van der Waals surface area (Å²) in [6, 6.07) is 9.51. The normalized spacial score (nSPS) is 11.4. The number of fused-ring (bicyclic) bond motifs is 1. The van der Waals surface area contributed by atoms with Crippen molar-refractivity contribution in [3.8, 4) is 17.0 Å². The third kappa shape index (κ3) is 2.99. The Labute approximate surface area is 145 Å². The molecule has 25 heavy (non-hydrogen) atoms. The molecule has 2 aromatic heterocycles. The van der Waals surface area contributed by atoms with Crippen molar-refractivity contribution in [2.45, 2.75) is 27.3 Å². The summed E-state index contributed by atoms with van der Waals surface area (Å²) in [4.78, 5) is 28.3. The minimum Gasteiger partial charge on any atom is -0.493 e. The van der Waals surface area contributed by atoms with E-state index in [4.69, 9.17) is 4.74 Å². The molecule has 2 heterocycles. The second-order valence-corrected chi connectivity index (χ2v) is 6.52. The number of aromatic nitrogens is 3. The van der Waals surface area contributed by atoms with Crippen LogP contribution in [-0.2, 0) is 13.6 Å². The quantitative estimate of drug-likeness (QED) is 0.776. The maximum absolute atomic E-state index is 12.5. The second kappa shape index (κ2) is 6.63. The van der Waals surface area contributed by atoms with E-state index < -0.39 is 0 Å². The summed E-state index contributed by atoms with van der Waals surface area (Å²) < 4.78 is 8.50. The number of hydrogen-bond donors (Lipinski definition) is 1. The fourth-order valence-corrected chi connectivity index (χ4v) is 3.02. The third-order valence-electron chi connectivity index (χ3n) is 4.15. The molecule has 0 saturated carbocycles. The number of nitrogens with one attached hydrogen (secondary N) is 1. The summed E-state index contributed by atoms with van der Waals surface area (Å²) in [5.41, 5.74) is 2.08. The number of H-pyrrole nitrogens is 1. The average Bonchev–Trinajstić information content (AvgIpc) is 3.02. The van der Waals surface area contributed by atoms with Gasteiger partial charge in [-0.25, -0.2) is 4.79 Å². The van der Waals surface area contributed by atoms with E-state index in [2.05, 4.69) is 4.98 Å². The van der Waals surface area contributed by atoms with Gasteiger partial charge in [0.2, 0.25) is 0 Å². The predicted molar refractivity (Wildman–Crippen MR) is 99.2 cm³/mol. The number of benzene rings is 1. The molecule has 0 aliphatic heterocycles. The largest absolute Gasteiger partial charge is 0.493 e. The zero-order valence-electron chi connectivity index (χ0n) is 15.0. The van der Waals surface area contributed by atoms with Crippen LogP contribution in [0.2, 0.25) is 0 Å². The Hall–Kier alpha value is -2.76. The van der Waals surface area contributed by atoms with Gasteiger partial charge in [0.25, 0.3) is 5.56 Å². The molecule has 0 fully saturated rings. The highest BCUT2D eigenvalue weighted by molar-refractivity contribution is 5.84. The van der Waals surface area contributed by atoms with Crippen molar-refractivity contribution < 1.29 is 4.74 Å². The molecule has 132 valence electrons. The standard InChI is InChI=1S/C19H23N3O3/c1-5-25-16-9-7-6-8-13(16)14-10-15-17(20-14)18(23)21(4)19(24)22(15)11-12(2)3/h6-10,12,20H,5,11H2,1-4H3. The van der Waals surface area contributed by atoms with Crippen LogP contribution >= 0.6 is 0 Å². The van der Waals surface area contributed by atoms with E-state index in [9.17, 15) is 9.59 Å². The van der Waals surface area contributed by atoms with Gasteiger partial charge in [-0.1, -0.05) is 26.0 Å². The van der Waals surface area contributed by atoms with Crippen LogP contribution in [0.15, 0.2) is 39.9 Å². The Balaban J connectivity index is 2.29. The minimum absolute atomic E-state index is 0.285. The number of aromatic amines is 1. The van der Waals surface area contributed by atoms with Crippen molar-refractivity contribution in [3.05, 3.63) is 51.2 Å². The molecule has 0 bridgehead atoms. The van der Waals surface area contributed by atoms with Crippen LogP contribution in [0.1, 0.15) is 20.8 Å². The molecule has 0 atom stereocenters. The lowest BCUT2D eigenvalue weighted by Crippen LogP contribution is -2.38. The number of rotatable bonds is 5. The molecule has 0 aliphatic rings. The average molecular weight is 341 g/mol. The maximum atomic E-state index is 12.5. The van der Waals surface area contributed by atoms with Gasteiger partial charge in [0.05, 0.1) is 17.8 Å². The molecule has 0 saturated heterocycles. The van der Waals surface area contributed by atoms with E-state index in [-0.39, 0.29) is 17.2 Å². The lowest BCUT2D eigenvalue weighted by atomic mass is 10.1. The third-order valence-corrected chi connectivity index (χ3v) is 4.15. The fraction of sp³-hybridized carbons (Fsp3) is 0.368. The zero-order chi connectivity index (χ0) is 18.1. The summed E-state index contributed by atoms with van der Waals surface area (Å²) in [6.07, 6.45) is 0. The maximum Gasteiger partial charge on any atom is 0.331 e. The Bertz CT molecular complexity index is 1020.